The number of carbonyl (C=O) groups excluding carboxylic acids is 4. The van der Waals surface area contributed by atoms with Crippen molar-refractivity contribution in [1.82, 2.24) is 0 Å². The molecule has 2 saturated heterocycles. The van der Waals surface area contributed by atoms with Crippen LogP contribution in [0.5, 0.6) is 0 Å². The van der Waals surface area contributed by atoms with Crippen LogP contribution in [0.15, 0.2) is 0 Å². The zero-order valence-electron chi connectivity index (χ0n) is 12.7. The zero-order valence-corrected chi connectivity index (χ0v) is 12.7. The number of carbonyl (C=O) groups is 4. The Hall–Kier alpha value is -1.72. The van der Waals surface area contributed by atoms with Gasteiger partial charge in [0, 0.05) is 18.8 Å². The molecule has 3 fully saturated rings. The molecule has 2 aliphatic heterocycles. The third-order valence-corrected chi connectivity index (χ3v) is 3.92. The number of hydrogen-bond donors (Lipinski definition) is 0. The molecular weight excluding hydrogens is 276 g/mol. The summed E-state index contributed by atoms with van der Waals surface area (Å²) in [6.45, 7) is 6.54. The van der Waals surface area contributed by atoms with E-state index >= 15 is 0 Å². The third kappa shape index (κ3) is 2.99. The maximum Gasteiger partial charge on any atom is 0.311 e. The Balaban J connectivity index is 2.22. The van der Waals surface area contributed by atoms with Crippen LogP contribution in [0.25, 0.3) is 0 Å². The van der Waals surface area contributed by atoms with Gasteiger partial charge in [0.25, 0.3) is 0 Å². The minimum atomic E-state index is -1.52. The van der Waals surface area contributed by atoms with Crippen molar-refractivity contribution in [1.29, 1.82) is 0 Å². The van der Waals surface area contributed by atoms with E-state index in [2.05, 4.69) is 0 Å². The first-order valence-electron chi connectivity index (χ1n) is 7.02. The van der Waals surface area contributed by atoms with Crippen molar-refractivity contribution in [3.05, 3.63) is 0 Å². The van der Waals surface area contributed by atoms with Crippen LogP contribution in [0, 0.1) is 11.8 Å². The van der Waals surface area contributed by atoms with Crippen molar-refractivity contribution >= 4 is 23.5 Å². The van der Waals surface area contributed by atoms with E-state index < -0.39 is 35.0 Å². The molecule has 6 heteroatoms. The minimum Gasteiger partial charge on any atom is -0.460 e. The summed E-state index contributed by atoms with van der Waals surface area (Å²) in [7, 11) is 0. The first kappa shape index (κ1) is 15.7. The number of ketones is 2. The first-order chi connectivity index (χ1) is 9.54. The highest BCUT2D eigenvalue weighted by Crippen LogP contribution is 2.45. The van der Waals surface area contributed by atoms with Gasteiger partial charge in [-0.3, -0.25) is 19.2 Å². The fraction of sp³-hybridized carbons (Fsp3) is 0.733. The Labute approximate surface area is 123 Å². The first-order valence-corrected chi connectivity index (χ1v) is 7.02. The number of hydrogen-bond acceptors (Lipinski definition) is 6. The highest BCUT2D eigenvalue weighted by Gasteiger charge is 2.60. The van der Waals surface area contributed by atoms with Crippen LogP contribution in [0.3, 0.4) is 0 Å². The van der Waals surface area contributed by atoms with Crippen molar-refractivity contribution in [3.63, 3.8) is 0 Å². The lowest BCUT2D eigenvalue weighted by Crippen LogP contribution is -2.60. The number of rotatable bonds is 3. The smallest absolute Gasteiger partial charge is 0.311 e. The molecule has 0 aromatic carbocycles. The molecule has 0 N–H and O–H groups in total. The van der Waals surface area contributed by atoms with E-state index in [1.807, 2.05) is 0 Å². The average molecular weight is 296 g/mol. The van der Waals surface area contributed by atoms with E-state index in [9.17, 15) is 19.2 Å². The molecule has 0 amide bonds. The summed E-state index contributed by atoms with van der Waals surface area (Å²) in [4.78, 5) is 47.8. The average Bonchev–Trinajstić information content (AvgIpc) is 2.27. The molecule has 2 bridgehead atoms. The molecule has 1 aliphatic carbocycles. The SMILES string of the molecule is CC(=O)[C@@H]1C[C@]2(CC(=O)OC(C)(C)C)OC(=O)[C@H]1CC2=O. The van der Waals surface area contributed by atoms with Gasteiger partial charge >= 0.3 is 11.9 Å². The van der Waals surface area contributed by atoms with Crippen molar-refractivity contribution in [2.45, 2.75) is 58.2 Å². The lowest BCUT2D eigenvalue weighted by molar-refractivity contribution is -0.203. The normalized spacial score (nSPS) is 31.8. The summed E-state index contributed by atoms with van der Waals surface area (Å²) < 4.78 is 10.4. The van der Waals surface area contributed by atoms with Crippen LogP contribution < -0.4 is 0 Å². The van der Waals surface area contributed by atoms with Crippen LogP contribution in [-0.2, 0) is 28.7 Å². The Bertz CT molecular complexity index is 515. The standard InChI is InChI=1S/C15H20O6/c1-8(16)10-6-15(7-12(18)20-14(2,3)4)11(17)5-9(10)13(19)21-15/h9-10H,5-7H2,1-4H3/t9-,10-,15+/m0/s1. The Morgan fingerprint density at radius 1 is 1.33 bits per heavy atom. The summed E-state index contributed by atoms with van der Waals surface area (Å²) in [6.07, 6.45) is -0.284. The van der Waals surface area contributed by atoms with E-state index in [0.29, 0.717) is 0 Å². The highest BCUT2D eigenvalue weighted by molar-refractivity contribution is 6.02. The van der Waals surface area contributed by atoms with E-state index in [-0.39, 0.29) is 30.8 Å². The van der Waals surface area contributed by atoms with Crippen molar-refractivity contribution in [3.8, 4) is 0 Å². The van der Waals surface area contributed by atoms with Crippen LogP contribution >= 0.6 is 0 Å². The second-order valence-electron chi connectivity index (χ2n) is 6.83. The van der Waals surface area contributed by atoms with Gasteiger partial charge in [0.2, 0.25) is 0 Å². The summed E-state index contributed by atoms with van der Waals surface area (Å²) in [5.41, 5.74) is -2.21. The molecular formula is C15H20O6. The molecule has 21 heavy (non-hydrogen) atoms. The lowest BCUT2D eigenvalue weighted by Gasteiger charge is -2.46. The van der Waals surface area contributed by atoms with Crippen LogP contribution in [0.4, 0.5) is 0 Å². The van der Waals surface area contributed by atoms with Gasteiger partial charge in [0.1, 0.15) is 11.4 Å². The van der Waals surface area contributed by atoms with Gasteiger partial charge in [0.15, 0.2) is 11.4 Å². The van der Waals surface area contributed by atoms with Gasteiger partial charge in [-0.25, -0.2) is 0 Å². The maximum atomic E-state index is 12.2. The van der Waals surface area contributed by atoms with Crippen molar-refractivity contribution < 1.29 is 28.7 Å². The maximum absolute atomic E-state index is 12.2. The number of ether oxygens (including phenoxy) is 2. The molecule has 6 nitrogen and oxygen atoms in total. The van der Waals surface area contributed by atoms with Crippen LogP contribution in [-0.4, -0.2) is 34.7 Å². The second-order valence-corrected chi connectivity index (χ2v) is 6.83. The fourth-order valence-corrected chi connectivity index (χ4v) is 3.00. The molecule has 0 spiro atoms. The Kier molecular flexibility index (Phi) is 3.68. The number of esters is 2. The molecule has 0 aromatic rings. The topological polar surface area (TPSA) is 86.7 Å². The lowest BCUT2D eigenvalue weighted by atomic mass is 9.65. The van der Waals surface area contributed by atoms with Gasteiger partial charge < -0.3 is 9.47 Å². The molecule has 1 saturated carbocycles. The predicted molar refractivity (Wildman–Crippen MR) is 71.2 cm³/mol. The quantitative estimate of drug-likeness (QED) is 0.727. The molecule has 116 valence electrons. The second kappa shape index (κ2) is 4.93. The van der Waals surface area contributed by atoms with E-state index in [1.165, 1.54) is 6.92 Å². The van der Waals surface area contributed by atoms with Crippen molar-refractivity contribution in [2.24, 2.45) is 11.8 Å². The Morgan fingerprint density at radius 3 is 2.48 bits per heavy atom. The minimum absolute atomic E-state index is 0.0358. The van der Waals surface area contributed by atoms with Gasteiger partial charge in [-0.1, -0.05) is 0 Å². The van der Waals surface area contributed by atoms with Gasteiger partial charge in [0.05, 0.1) is 12.3 Å². The van der Waals surface area contributed by atoms with Gasteiger partial charge in [-0.05, 0) is 27.7 Å². The van der Waals surface area contributed by atoms with Crippen LogP contribution in [0.2, 0.25) is 0 Å². The van der Waals surface area contributed by atoms with E-state index in [0.717, 1.165) is 0 Å². The summed E-state index contributed by atoms with van der Waals surface area (Å²) >= 11 is 0. The van der Waals surface area contributed by atoms with Gasteiger partial charge in [-0.15, -0.1) is 0 Å². The predicted octanol–water partition coefficient (Wildman–Crippen LogP) is 1.20. The van der Waals surface area contributed by atoms with Gasteiger partial charge in [-0.2, -0.15) is 0 Å². The molecule has 0 aromatic heterocycles. The number of fused-ring (bicyclic) bond motifs is 3. The van der Waals surface area contributed by atoms with E-state index in [4.69, 9.17) is 9.47 Å². The fourth-order valence-electron chi connectivity index (χ4n) is 3.00. The molecule has 2 heterocycles. The number of Topliss-reactive ketones (excluding diaryl/α,β-unsaturated/α-hetero) is 2. The molecule has 0 unspecified atom stereocenters. The zero-order chi connectivity index (χ0) is 16.0. The monoisotopic (exact) mass is 296 g/mol. The molecule has 0 radical (unpaired) electrons. The summed E-state index contributed by atoms with van der Waals surface area (Å²) in [5.74, 6) is -2.87. The molecule has 3 atom stereocenters. The van der Waals surface area contributed by atoms with Crippen molar-refractivity contribution in [2.75, 3.05) is 0 Å². The van der Waals surface area contributed by atoms with Crippen LogP contribution in [0.1, 0.15) is 47.0 Å². The Morgan fingerprint density at radius 2 is 1.95 bits per heavy atom. The highest BCUT2D eigenvalue weighted by atomic mass is 16.6. The summed E-state index contributed by atoms with van der Waals surface area (Å²) in [6, 6.07) is 0. The summed E-state index contributed by atoms with van der Waals surface area (Å²) in [5, 5.41) is 0. The third-order valence-electron chi connectivity index (χ3n) is 3.92. The molecule has 3 aliphatic rings. The molecule has 3 rings (SSSR count). The largest absolute Gasteiger partial charge is 0.460 e. The van der Waals surface area contributed by atoms with E-state index in [1.54, 1.807) is 20.8 Å².